The zero-order chi connectivity index (χ0) is 12.2. The van der Waals surface area contributed by atoms with Crippen molar-refractivity contribution in [3.05, 3.63) is 12.4 Å². The third kappa shape index (κ3) is 1.66. The van der Waals surface area contributed by atoms with E-state index in [4.69, 9.17) is 10.5 Å². The molecule has 0 aromatic carbocycles. The molecule has 2 N–H and O–H groups in total. The maximum atomic E-state index is 6.19. The lowest BCUT2D eigenvalue weighted by molar-refractivity contribution is -0.111. The van der Waals surface area contributed by atoms with Gasteiger partial charge in [-0.1, -0.05) is 0 Å². The highest BCUT2D eigenvalue weighted by Gasteiger charge is 2.52. The monoisotopic (exact) mass is 245 g/mol. The van der Waals surface area contributed by atoms with Crippen LogP contribution in [-0.2, 0) is 0 Å². The summed E-state index contributed by atoms with van der Waals surface area (Å²) in [6.45, 7) is 0. The van der Waals surface area contributed by atoms with Gasteiger partial charge in [0, 0.05) is 0 Å². The van der Waals surface area contributed by atoms with Gasteiger partial charge in [0.15, 0.2) is 0 Å². The van der Waals surface area contributed by atoms with Crippen molar-refractivity contribution in [3.8, 4) is 6.01 Å². The summed E-state index contributed by atoms with van der Waals surface area (Å²) in [6.07, 6.45) is 11.1. The molecule has 0 saturated heterocycles. The molecule has 0 amide bonds. The first-order valence-electron chi connectivity index (χ1n) is 6.97. The first kappa shape index (κ1) is 10.6. The van der Waals surface area contributed by atoms with Gasteiger partial charge in [-0.05, 0) is 56.3 Å². The van der Waals surface area contributed by atoms with Crippen molar-refractivity contribution in [2.24, 2.45) is 17.8 Å². The maximum Gasteiger partial charge on any atom is 0.316 e. The van der Waals surface area contributed by atoms with Crippen LogP contribution in [0.3, 0.4) is 0 Å². The number of ether oxygens (including phenoxy) is 1. The third-order valence-electron chi connectivity index (χ3n) is 4.94. The normalized spacial score (nSPS) is 41.0. The summed E-state index contributed by atoms with van der Waals surface area (Å²) in [5.74, 6) is 2.64. The SMILES string of the molecule is Nc1cnc(OC23CC4CC(CC(C4)C2)C3)nc1. The molecule has 4 heteroatoms. The van der Waals surface area contributed by atoms with Crippen molar-refractivity contribution in [1.82, 2.24) is 9.97 Å². The van der Waals surface area contributed by atoms with E-state index in [2.05, 4.69) is 9.97 Å². The number of nitrogen functional groups attached to an aromatic ring is 1. The average molecular weight is 245 g/mol. The third-order valence-corrected chi connectivity index (χ3v) is 4.94. The number of nitrogens with zero attached hydrogens (tertiary/aromatic N) is 2. The molecular weight excluding hydrogens is 226 g/mol. The van der Waals surface area contributed by atoms with Gasteiger partial charge in [-0.2, -0.15) is 0 Å². The van der Waals surface area contributed by atoms with Crippen LogP contribution in [0.1, 0.15) is 38.5 Å². The van der Waals surface area contributed by atoms with Crippen LogP contribution in [0.15, 0.2) is 12.4 Å². The van der Waals surface area contributed by atoms with Crippen LogP contribution in [0, 0.1) is 17.8 Å². The fourth-order valence-electron chi connectivity index (χ4n) is 4.73. The first-order valence-corrected chi connectivity index (χ1v) is 6.97. The molecule has 0 aliphatic heterocycles. The summed E-state index contributed by atoms with van der Waals surface area (Å²) in [4.78, 5) is 8.39. The minimum absolute atomic E-state index is 0.0326. The lowest BCUT2D eigenvalue weighted by atomic mass is 9.54. The molecular formula is C14H19N3O. The van der Waals surface area contributed by atoms with Gasteiger partial charge in [0.25, 0.3) is 0 Å². The minimum Gasteiger partial charge on any atom is -0.457 e. The molecule has 0 unspecified atom stereocenters. The summed E-state index contributed by atoms with van der Waals surface area (Å²) in [7, 11) is 0. The van der Waals surface area contributed by atoms with Crippen molar-refractivity contribution in [2.75, 3.05) is 5.73 Å². The maximum absolute atomic E-state index is 6.19. The number of hydrogen-bond acceptors (Lipinski definition) is 4. The van der Waals surface area contributed by atoms with Crippen molar-refractivity contribution in [2.45, 2.75) is 44.1 Å². The summed E-state index contributed by atoms with van der Waals surface area (Å²) >= 11 is 0. The average Bonchev–Trinajstić information content (AvgIpc) is 2.30. The minimum atomic E-state index is 0.0326. The summed E-state index contributed by atoms with van der Waals surface area (Å²) in [5, 5.41) is 0. The highest BCUT2D eigenvalue weighted by Crippen LogP contribution is 2.56. The smallest absolute Gasteiger partial charge is 0.316 e. The van der Waals surface area contributed by atoms with E-state index in [9.17, 15) is 0 Å². The van der Waals surface area contributed by atoms with Gasteiger partial charge in [0.1, 0.15) is 5.60 Å². The molecule has 4 aliphatic carbocycles. The molecule has 0 atom stereocenters. The van der Waals surface area contributed by atoms with Crippen molar-refractivity contribution in [1.29, 1.82) is 0 Å². The molecule has 4 nitrogen and oxygen atoms in total. The standard InChI is InChI=1S/C14H19N3O/c15-12-7-16-13(17-8-12)18-14-4-9-1-10(5-14)3-11(2-9)6-14/h7-11H,1-6,15H2. The topological polar surface area (TPSA) is 61.0 Å². The van der Waals surface area contributed by atoms with E-state index in [1.807, 2.05) is 0 Å². The molecule has 96 valence electrons. The first-order chi connectivity index (χ1) is 8.71. The molecule has 1 heterocycles. The molecule has 4 saturated carbocycles. The van der Waals surface area contributed by atoms with Crippen molar-refractivity contribution < 1.29 is 4.74 Å². The lowest BCUT2D eigenvalue weighted by Gasteiger charge is -2.55. The number of anilines is 1. The van der Waals surface area contributed by atoms with Gasteiger partial charge in [-0.3, -0.25) is 0 Å². The molecule has 0 radical (unpaired) electrons. The van der Waals surface area contributed by atoms with Gasteiger partial charge in [-0.25, -0.2) is 9.97 Å². The molecule has 4 aliphatic rings. The van der Waals surface area contributed by atoms with Crippen molar-refractivity contribution in [3.63, 3.8) is 0 Å². The lowest BCUT2D eigenvalue weighted by Crippen LogP contribution is -2.53. The summed E-state index contributed by atoms with van der Waals surface area (Å²) in [5.41, 5.74) is 6.23. The van der Waals surface area contributed by atoms with E-state index >= 15 is 0 Å². The van der Waals surface area contributed by atoms with E-state index in [1.54, 1.807) is 12.4 Å². The second-order valence-corrected chi connectivity index (χ2v) is 6.50. The number of hydrogen-bond donors (Lipinski definition) is 1. The van der Waals surface area contributed by atoms with E-state index in [-0.39, 0.29) is 5.60 Å². The van der Waals surface area contributed by atoms with Gasteiger partial charge >= 0.3 is 6.01 Å². The number of nitrogens with two attached hydrogens (primary N) is 1. The predicted octanol–water partition coefficient (Wildman–Crippen LogP) is 2.41. The zero-order valence-electron chi connectivity index (χ0n) is 10.5. The van der Waals surface area contributed by atoms with Crippen LogP contribution in [0.4, 0.5) is 5.69 Å². The molecule has 5 rings (SSSR count). The predicted molar refractivity (Wildman–Crippen MR) is 68.0 cm³/mol. The highest BCUT2D eigenvalue weighted by molar-refractivity contribution is 5.31. The van der Waals surface area contributed by atoms with E-state index < -0.39 is 0 Å². The van der Waals surface area contributed by atoms with Gasteiger partial charge < -0.3 is 10.5 Å². The fourth-order valence-corrected chi connectivity index (χ4v) is 4.73. The van der Waals surface area contributed by atoms with Crippen LogP contribution in [-0.4, -0.2) is 15.6 Å². The Bertz CT molecular complexity index is 421. The van der Waals surface area contributed by atoms with Crippen LogP contribution >= 0.6 is 0 Å². The number of rotatable bonds is 2. The zero-order valence-corrected chi connectivity index (χ0v) is 10.5. The Kier molecular flexibility index (Phi) is 2.11. The van der Waals surface area contributed by atoms with E-state index in [0.29, 0.717) is 11.7 Å². The highest BCUT2D eigenvalue weighted by atomic mass is 16.5. The Morgan fingerprint density at radius 1 is 1.00 bits per heavy atom. The molecule has 1 aromatic rings. The largest absolute Gasteiger partial charge is 0.457 e. The van der Waals surface area contributed by atoms with E-state index in [1.165, 1.54) is 38.5 Å². The molecule has 1 aromatic heterocycles. The Hall–Kier alpha value is -1.32. The van der Waals surface area contributed by atoms with Crippen LogP contribution < -0.4 is 10.5 Å². The Morgan fingerprint density at radius 3 is 2.00 bits per heavy atom. The molecule has 4 fully saturated rings. The Labute approximate surface area is 107 Å². The molecule has 18 heavy (non-hydrogen) atoms. The van der Waals surface area contributed by atoms with Gasteiger partial charge in [-0.15, -0.1) is 0 Å². The summed E-state index contributed by atoms with van der Waals surface area (Å²) < 4.78 is 6.19. The fraction of sp³-hybridized carbons (Fsp3) is 0.714. The second kappa shape index (κ2) is 3.59. The number of aromatic nitrogens is 2. The second-order valence-electron chi connectivity index (χ2n) is 6.50. The van der Waals surface area contributed by atoms with E-state index in [0.717, 1.165) is 17.8 Å². The Morgan fingerprint density at radius 2 is 1.50 bits per heavy atom. The quantitative estimate of drug-likeness (QED) is 0.869. The van der Waals surface area contributed by atoms with Crippen LogP contribution in [0.2, 0.25) is 0 Å². The van der Waals surface area contributed by atoms with Crippen LogP contribution in [0.5, 0.6) is 6.01 Å². The van der Waals surface area contributed by atoms with Crippen molar-refractivity contribution >= 4 is 5.69 Å². The van der Waals surface area contributed by atoms with Gasteiger partial charge in [0.2, 0.25) is 0 Å². The van der Waals surface area contributed by atoms with Gasteiger partial charge in [0.05, 0.1) is 18.1 Å². The molecule has 0 spiro atoms. The van der Waals surface area contributed by atoms with Crippen LogP contribution in [0.25, 0.3) is 0 Å². The Balaban J connectivity index is 1.58. The summed E-state index contributed by atoms with van der Waals surface area (Å²) in [6, 6.07) is 0.506. The molecule has 4 bridgehead atoms.